The van der Waals surface area contributed by atoms with Gasteiger partial charge in [0, 0.05) is 4.88 Å². The number of hydrogen-bond donors (Lipinski definition) is 1. The Morgan fingerprint density at radius 3 is 2.47 bits per heavy atom. The third-order valence-electron chi connectivity index (χ3n) is 4.46. The molecule has 1 unspecified atom stereocenters. The van der Waals surface area contributed by atoms with Crippen LogP contribution in [0.3, 0.4) is 0 Å². The van der Waals surface area contributed by atoms with Crippen molar-refractivity contribution >= 4 is 11.3 Å². The fourth-order valence-corrected chi connectivity index (χ4v) is 4.10. The van der Waals surface area contributed by atoms with Gasteiger partial charge < -0.3 is 5.32 Å². The topological polar surface area (TPSA) is 24.9 Å². The molecule has 1 aliphatic carbocycles. The molecule has 108 valence electrons. The molecule has 0 amide bonds. The first-order chi connectivity index (χ1) is 9.11. The first-order valence-electron chi connectivity index (χ1n) is 7.79. The van der Waals surface area contributed by atoms with Crippen LogP contribution >= 0.6 is 11.3 Å². The Labute approximate surface area is 122 Å². The Morgan fingerprint density at radius 2 is 1.95 bits per heavy atom. The van der Waals surface area contributed by atoms with Gasteiger partial charge in [-0.05, 0) is 51.5 Å². The predicted octanol–water partition coefficient (Wildman–Crippen LogP) is 4.63. The third kappa shape index (κ3) is 3.79. The summed E-state index contributed by atoms with van der Waals surface area (Å²) in [5.41, 5.74) is 1.22. The van der Waals surface area contributed by atoms with E-state index in [4.69, 9.17) is 4.98 Å². The fourth-order valence-electron chi connectivity index (χ4n) is 3.01. The van der Waals surface area contributed by atoms with Gasteiger partial charge in [-0.2, -0.15) is 0 Å². The molecule has 2 rings (SSSR count). The van der Waals surface area contributed by atoms with Crippen LogP contribution in [0.15, 0.2) is 0 Å². The van der Waals surface area contributed by atoms with Gasteiger partial charge in [-0.15, -0.1) is 11.3 Å². The summed E-state index contributed by atoms with van der Waals surface area (Å²) in [5, 5.41) is 5.08. The average molecular weight is 280 g/mol. The van der Waals surface area contributed by atoms with Crippen molar-refractivity contribution in [3.63, 3.8) is 0 Å². The van der Waals surface area contributed by atoms with Crippen molar-refractivity contribution in [1.29, 1.82) is 0 Å². The van der Waals surface area contributed by atoms with E-state index in [9.17, 15) is 0 Å². The molecule has 0 aliphatic heterocycles. The zero-order valence-corrected chi connectivity index (χ0v) is 13.6. The van der Waals surface area contributed by atoms with E-state index in [1.807, 2.05) is 11.3 Å². The molecule has 0 saturated heterocycles. The number of hydrogen-bond acceptors (Lipinski definition) is 3. The summed E-state index contributed by atoms with van der Waals surface area (Å²) in [4.78, 5) is 6.19. The van der Waals surface area contributed by atoms with E-state index in [0.717, 1.165) is 18.4 Å². The van der Waals surface area contributed by atoms with Gasteiger partial charge in [0.2, 0.25) is 0 Å². The minimum absolute atomic E-state index is 0.491. The standard InChI is InChI=1S/C16H28N2S/c1-5-10-17-15(14-8-6-11(2)7-9-14)16-18-12(3)13(4)19-16/h11,14-15,17H,5-10H2,1-4H3. The Kier molecular flexibility index (Phi) is 5.40. The van der Waals surface area contributed by atoms with Gasteiger partial charge >= 0.3 is 0 Å². The van der Waals surface area contributed by atoms with E-state index in [-0.39, 0.29) is 0 Å². The highest BCUT2D eigenvalue weighted by Gasteiger charge is 2.29. The van der Waals surface area contributed by atoms with Gasteiger partial charge in [-0.3, -0.25) is 0 Å². The molecule has 1 heterocycles. The second-order valence-electron chi connectivity index (χ2n) is 6.15. The van der Waals surface area contributed by atoms with Crippen molar-refractivity contribution in [2.45, 2.75) is 65.8 Å². The molecule has 1 N–H and O–H groups in total. The first-order valence-corrected chi connectivity index (χ1v) is 8.60. The van der Waals surface area contributed by atoms with Crippen LogP contribution in [-0.2, 0) is 0 Å². The van der Waals surface area contributed by atoms with Crippen LogP contribution in [0.4, 0.5) is 0 Å². The van der Waals surface area contributed by atoms with Crippen molar-refractivity contribution in [3.05, 3.63) is 15.6 Å². The Morgan fingerprint density at radius 1 is 1.26 bits per heavy atom. The van der Waals surface area contributed by atoms with Crippen molar-refractivity contribution in [1.82, 2.24) is 10.3 Å². The number of aromatic nitrogens is 1. The highest BCUT2D eigenvalue weighted by molar-refractivity contribution is 7.11. The van der Waals surface area contributed by atoms with E-state index >= 15 is 0 Å². The van der Waals surface area contributed by atoms with Gasteiger partial charge in [-0.1, -0.05) is 26.7 Å². The fraction of sp³-hybridized carbons (Fsp3) is 0.812. The lowest BCUT2D eigenvalue weighted by Crippen LogP contribution is -2.31. The van der Waals surface area contributed by atoms with Crippen molar-refractivity contribution < 1.29 is 0 Å². The quantitative estimate of drug-likeness (QED) is 0.851. The van der Waals surface area contributed by atoms with Gasteiger partial charge in [0.25, 0.3) is 0 Å². The van der Waals surface area contributed by atoms with Gasteiger partial charge in [0.15, 0.2) is 0 Å². The zero-order chi connectivity index (χ0) is 13.8. The lowest BCUT2D eigenvalue weighted by Gasteiger charge is -2.32. The van der Waals surface area contributed by atoms with Crippen LogP contribution in [0.2, 0.25) is 0 Å². The van der Waals surface area contributed by atoms with E-state index in [1.165, 1.54) is 47.7 Å². The molecule has 0 radical (unpaired) electrons. The molecular weight excluding hydrogens is 252 g/mol. The normalized spacial score (nSPS) is 25.5. The molecule has 1 aliphatic rings. The monoisotopic (exact) mass is 280 g/mol. The number of nitrogens with one attached hydrogen (secondary N) is 1. The number of aryl methyl sites for hydroxylation is 2. The van der Waals surface area contributed by atoms with Crippen molar-refractivity contribution in [3.8, 4) is 0 Å². The largest absolute Gasteiger partial charge is 0.308 e. The molecule has 19 heavy (non-hydrogen) atoms. The SMILES string of the molecule is CCCNC(c1nc(C)c(C)s1)C1CCC(C)CC1. The summed E-state index contributed by atoms with van der Waals surface area (Å²) in [6, 6.07) is 0.491. The molecule has 3 heteroatoms. The lowest BCUT2D eigenvalue weighted by atomic mass is 9.79. The van der Waals surface area contributed by atoms with Gasteiger partial charge in [0.05, 0.1) is 11.7 Å². The minimum Gasteiger partial charge on any atom is -0.308 e. The third-order valence-corrected chi connectivity index (χ3v) is 5.61. The number of rotatable bonds is 5. The van der Waals surface area contributed by atoms with Crippen molar-refractivity contribution in [2.24, 2.45) is 11.8 Å². The zero-order valence-electron chi connectivity index (χ0n) is 12.8. The van der Waals surface area contributed by atoms with Gasteiger partial charge in [0.1, 0.15) is 5.01 Å². The molecule has 1 aromatic rings. The molecule has 1 fully saturated rings. The number of thiazole rings is 1. The molecule has 0 aromatic carbocycles. The van der Waals surface area contributed by atoms with Crippen molar-refractivity contribution in [2.75, 3.05) is 6.54 Å². The Balaban J connectivity index is 2.10. The number of nitrogens with zero attached hydrogens (tertiary/aromatic N) is 1. The lowest BCUT2D eigenvalue weighted by molar-refractivity contribution is 0.231. The molecule has 2 nitrogen and oxygen atoms in total. The summed E-state index contributed by atoms with van der Waals surface area (Å²) in [5.74, 6) is 1.70. The molecule has 1 saturated carbocycles. The highest BCUT2D eigenvalue weighted by Crippen LogP contribution is 2.38. The Bertz CT molecular complexity index is 372. The van der Waals surface area contributed by atoms with Crippen LogP contribution in [0, 0.1) is 25.7 Å². The molecule has 1 aromatic heterocycles. The van der Waals surface area contributed by atoms with Crippen LogP contribution < -0.4 is 5.32 Å². The van der Waals surface area contributed by atoms with Gasteiger partial charge in [-0.25, -0.2) is 4.98 Å². The van der Waals surface area contributed by atoms with E-state index < -0.39 is 0 Å². The second-order valence-corrected chi connectivity index (χ2v) is 7.38. The average Bonchev–Trinajstić information content (AvgIpc) is 2.72. The molecule has 1 atom stereocenters. The summed E-state index contributed by atoms with van der Waals surface area (Å²) in [7, 11) is 0. The summed E-state index contributed by atoms with van der Waals surface area (Å²) >= 11 is 1.89. The Hall–Kier alpha value is -0.410. The van der Waals surface area contributed by atoms with Crippen LogP contribution in [-0.4, -0.2) is 11.5 Å². The molecule has 0 bridgehead atoms. The second kappa shape index (κ2) is 6.85. The van der Waals surface area contributed by atoms with Crippen LogP contribution in [0.25, 0.3) is 0 Å². The summed E-state index contributed by atoms with van der Waals surface area (Å²) < 4.78 is 0. The smallest absolute Gasteiger partial charge is 0.110 e. The molecular formula is C16H28N2S. The maximum atomic E-state index is 4.81. The van der Waals surface area contributed by atoms with E-state index in [0.29, 0.717) is 6.04 Å². The first kappa shape index (κ1) is 15.0. The summed E-state index contributed by atoms with van der Waals surface area (Å²) in [6.45, 7) is 10.1. The predicted molar refractivity (Wildman–Crippen MR) is 83.7 cm³/mol. The van der Waals surface area contributed by atoms with Crippen LogP contribution in [0.1, 0.15) is 67.6 Å². The molecule has 0 spiro atoms. The summed E-state index contributed by atoms with van der Waals surface area (Å²) in [6.07, 6.45) is 6.69. The maximum absolute atomic E-state index is 4.81. The van der Waals surface area contributed by atoms with E-state index in [2.05, 4.69) is 33.0 Å². The van der Waals surface area contributed by atoms with E-state index in [1.54, 1.807) is 0 Å². The highest BCUT2D eigenvalue weighted by atomic mass is 32.1. The van der Waals surface area contributed by atoms with Crippen LogP contribution in [0.5, 0.6) is 0 Å². The maximum Gasteiger partial charge on any atom is 0.110 e. The minimum atomic E-state index is 0.491.